The van der Waals surface area contributed by atoms with Crippen LogP contribution in [0.15, 0.2) is 53.7 Å². The van der Waals surface area contributed by atoms with Crippen LogP contribution in [0, 0.1) is 0 Å². The number of hydrogen-bond acceptors (Lipinski definition) is 5. The average molecular weight is 477 g/mol. The number of alkyl halides is 3. The number of para-hydroxylation sites is 1. The molecule has 1 heterocycles. The fraction of sp³-hybridized carbons (Fsp3) is 0.222. The maximum Gasteiger partial charge on any atom is 0.418 e. The van der Waals surface area contributed by atoms with Crippen molar-refractivity contribution in [3.63, 3.8) is 0 Å². The van der Waals surface area contributed by atoms with Crippen LogP contribution in [0.25, 0.3) is 17.1 Å². The van der Waals surface area contributed by atoms with Crippen LogP contribution in [0.4, 0.5) is 13.2 Å². The maximum atomic E-state index is 13.6. The van der Waals surface area contributed by atoms with E-state index in [1.54, 1.807) is 24.3 Å². The largest absolute Gasteiger partial charge is 0.418 e. The van der Waals surface area contributed by atoms with Gasteiger partial charge in [-0.25, -0.2) is 13.6 Å². The minimum Gasteiger partial charge on any atom is -0.269 e. The minimum absolute atomic E-state index is 0.140. The summed E-state index contributed by atoms with van der Waals surface area (Å²) in [6, 6.07) is 11.6. The molecule has 0 saturated carbocycles. The van der Waals surface area contributed by atoms with E-state index in [1.807, 2.05) is 0 Å². The Bertz CT molecular complexity index is 1150. The Morgan fingerprint density at radius 2 is 1.83 bits per heavy atom. The average Bonchev–Trinajstić information content (AvgIpc) is 3.07. The van der Waals surface area contributed by atoms with Gasteiger partial charge in [0.2, 0.25) is 10.0 Å². The summed E-state index contributed by atoms with van der Waals surface area (Å²) in [4.78, 5) is 0. The summed E-state index contributed by atoms with van der Waals surface area (Å²) in [6.45, 7) is 0. The number of hydrogen-bond donors (Lipinski definition) is 1. The monoisotopic (exact) mass is 476 g/mol. The van der Waals surface area contributed by atoms with Crippen molar-refractivity contribution < 1.29 is 21.6 Å². The molecule has 6 nitrogen and oxygen atoms in total. The van der Waals surface area contributed by atoms with Crippen LogP contribution < -0.4 is 5.14 Å². The lowest BCUT2D eigenvalue weighted by atomic mass is 10.1. The molecule has 160 valence electrons. The molecule has 12 heteroatoms. The van der Waals surface area contributed by atoms with Gasteiger partial charge in [0, 0.05) is 16.3 Å². The lowest BCUT2D eigenvalue weighted by molar-refractivity contribution is -0.137. The van der Waals surface area contributed by atoms with Crippen molar-refractivity contribution in [1.29, 1.82) is 0 Å². The first-order valence-electron chi connectivity index (χ1n) is 8.57. The van der Waals surface area contributed by atoms with Gasteiger partial charge < -0.3 is 0 Å². The van der Waals surface area contributed by atoms with Gasteiger partial charge in [-0.1, -0.05) is 47.6 Å². The molecule has 0 aliphatic carbocycles. The van der Waals surface area contributed by atoms with E-state index in [0.717, 1.165) is 17.8 Å². The van der Waals surface area contributed by atoms with Gasteiger partial charge in [0.1, 0.15) is 0 Å². The third kappa shape index (κ3) is 5.54. The van der Waals surface area contributed by atoms with E-state index in [0.29, 0.717) is 10.6 Å². The van der Waals surface area contributed by atoms with Crippen molar-refractivity contribution in [3.8, 4) is 17.1 Å². The van der Waals surface area contributed by atoms with Crippen LogP contribution in [0.2, 0.25) is 5.02 Å². The Kier molecular flexibility index (Phi) is 6.75. The van der Waals surface area contributed by atoms with Gasteiger partial charge in [0.15, 0.2) is 11.0 Å². The first-order valence-corrected chi connectivity index (χ1v) is 11.7. The van der Waals surface area contributed by atoms with E-state index >= 15 is 0 Å². The molecule has 3 aromatic rings. The number of rotatable bonds is 7. The number of nitrogens with two attached hydrogens (primary N) is 1. The lowest BCUT2D eigenvalue weighted by Gasteiger charge is -2.16. The number of thioether (sulfide) groups is 1. The lowest BCUT2D eigenvalue weighted by Crippen LogP contribution is -2.16. The van der Waals surface area contributed by atoms with Crippen molar-refractivity contribution in [2.24, 2.45) is 5.14 Å². The van der Waals surface area contributed by atoms with Crippen molar-refractivity contribution >= 4 is 33.4 Å². The Hall–Kier alpha value is -2.08. The Labute approximate surface area is 180 Å². The zero-order chi connectivity index (χ0) is 21.9. The van der Waals surface area contributed by atoms with Crippen LogP contribution in [0.3, 0.4) is 0 Å². The molecule has 2 N–H and O–H groups in total. The summed E-state index contributed by atoms with van der Waals surface area (Å²) < 4.78 is 64.4. The zero-order valence-corrected chi connectivity index (χ0v) is 17.7. The van der Waals surface area contributed by atoms with E-state index < -0.39 is 21.8 Å². The molecule has 0 aliphatic heterocycles. The summed E-state index contributed by atoms with van der Waals surface area (Å²) >= 11 is 7.13. The maximum absolute atomic E-state index is 13.6. The smallest absolute Gasteiger partial charge is 0.269 e. The molecule has 2 aromatic carbocycles. The molecule has 0 atom stereocenters. The zero-order valence-electron chi connectivity index (χ0n) is 15.3. The molecule has 0 radical (unpaired) electrons. The highest BCUT2D eigenvalue weighted by Gasteiger charge is 2.35. The van der Waals surface area contributed by atoms with Gasteiger partial charge in [-0.2, -0.15) is 13.2 Å². The normalized spacial score (nSPS) is 12.3. The van der Waals surface area contributed by atoms with Crippen LogP contribution in [0.5, 0.6) is 0 Å². The second-order valence-corrected chi connectivity index (χ2v) is 9.47. The van der Waals surface area contributed by atoms with Crippen molar-refractivity contribution in [2.45, 2.75) is 17.8 Å². The van der Waals surface area contributed by atoms with Gasteiger partial charge in [-0.05, 0) is 30.7 Å². The van der Waals surface area contributed by atoms with Crippen LogP contribution in [-0.4, -0.2) is 34.7 Å². The molecule has 0 unspecified atom stereocenters. The number of primary sulfonamides is 1. The van der Waals surface area contributed by atoms with Gasteiger partial charge in [0.05, 0.1) is 17.0 Å². The van der Waals surface area contributed by atoms with Crippen molar-refractivity contribution in [2.75, 3.05) is 11.5 Å². The van der Waals surface area contributed by atoms with Crippen LogP contribution in [0.1, 0.15) is 12.0 Å². The SMILES string of the molecule is NS(=O)(=O)CCCSc1nnc(-c2cccc(Cl)c2)n1-c1ccccc1C(F)(F)F. The molecule has 0 saturated heterocycles. The first kappa shape index (κ1) is 22.6. The number of benzene rings is 2. The molecule has 0 amide bonds. The molecule has 3 rings (SSSR count). The molecular formula is C18H16ClF3N4O2S2. The second kappa shape index (κ2) is 8.96. The standard InChI is InChI=1S/C18H16ClF3N4O2S2/c19-13-6-3-5-12(11-13)16-24-25-17(29-9-4-10-30(23,27)28)26(16)15-8-2-1-7-14(15)18(20,21)22/h1-3,5-8,11H,4,9-10H2,(H2,23,27,28). The Balaban J connectivity index is 2.08. The Morgan fingerprint density at radius 3 is 2.50 bits per heavy atom. The van der Waals surface area contributed by atoms with E-state index in [4.69, 9.17) is 16.7 Å². The number of halogens is 4. The third-order valence-electron chi connectivity index (χ3n) is 3.97. The van der Waals surface area contributed by atoms with Crippen molar-refractivity contribution in [3.05, 3.63) is 59.1 Å². The Morgan fingerprint density at radius 1 is 1.10 bits per heavy atom. The third-order valence-corrected chi connectivity index (χ3v) is 6.08. The first-order chi connectivity index (χ1) is 14.1. The number of sulfonamides is 1. The minimum atomic E-state index is -4.60. The van der Waals surface area contributed by atoms with Crippen LogP contribution >= 0.6 is 23.4 Å². The highest BCUT2D eigenvalue weighted by atomic mass is 35.5. The molecule has 0 spiro atoms. The highest BCUT2D eigenvalue weighted by molar-refractivity contribution is 7.99. The van der Waals surface area contributed by atoms with Gasteiger partial charge >= 0.3 is 6.18 Å². The molecular weight excluding hydrogens is 461 g/mol. The van der Waals surface area contributed by atoms with Gasteiger partial charge in [0.25, 0.3) is 0 Å². The molecule has 0 fully saturated rings. The predicted molar refractivity (Wildman–Crippen MR) is 110 cm³/mol. The van der Waals surface area contributed by atoms with Crippen LogP contribution in [-0.2, 0) is 16.2 Å². The molecule has 0 bridgehead atoms. The quantitative estimate of drug-likeness (QED) is 0.403. The van der Waals surface area contributed by atoms with Gasteiger partial charge in [-0.15, -0.1) is 10.2 Å². The summed E-state index contributed by atoms with van der Waals surface area (Å²) in [7, 11) is -3.63. The fourth-order valence-electron chi connectivity index (χ4n) is 2.73. The molecule has 0 aliphatic rings. The highest BCUT2D eigenvalue weighted by Crippen LogP contribution is 2.37. The molecule has 1 aromatic heterocycles. The fourth-order valence-corrected chi connectivity index (χ4v) is 4.53. The van der Waals surface area contributed by atoms with E-state index in [2.05, 4.69) is 10.2 Å². The summed E-state index contributed by atoms with van der Waals surface area (Å²) in [5, 5.41) is 13.7. The summed E-state index contributed by atoms with van der Waals surface area (Å²) in [5.41, 5.74) is -0.498. The van der Waals surface area contributed by atoms with E-state index in [-0.39, 0.29) is 34.6 Å². The predicted octanol–water partition coefficient (Wildman–Crippen LogP) is 4.38. The van der Waals surface area contributed by atoms with E-state index in [9.17, 15) is 21.6 Å². The van der Waals surface area contributed by atoms with E-state index in [1.165, 1.54) is 22.8 Å². The number of nitrogens with zero attached hydrogens (tertiary/aromatic N) is 3. The van der Waals surface area contributed by atoms with Gasteiger partial charge in [-0.3, -0.25) is 4.57 Å². The van der Waals surface area contributed by atoms with Crippen molar-refractivity contribution in [1.82, 2.24) is 14.8 Å². The topological polar surface area (TPSA) is 90.9 Å². The summed E-state index contributed by atoms with van der Waals surface area (Å²) in [5.74, 6) is 0.218. The summed E-state index contributed by atoms with van der Waals surface area (Å²) in [6.07, 6.45) is -4.38. The number of aromatic nitrogens is 3. The second-order valence-electron chi connectivity index (χ2n) is 6.24. The molecule has 30 heavy (non-hydrogen) atoms.